The van der Waals surface area contributed by atoms with E-state index in [1.807, 2.05) is 11.3 Å². The molecule has 1 heterocycles. The molecule has 0 saturated heterocycles. The average molecular weight is 803 g/mol. The summed E-state index contributed by atoms with van der Waals surface area (Å²) < 4.78 is 0. The van der Waals surface area contributed by atoms with Gasteiger partial charge in [0.25, 0.3) is 0 Å². The third-order valence-electron chi connectivity index (χ3n) is 13.0. The molecule has 0 saturated carbocycles. The van der Waals surface area contributed by atoms with E-state index in [0.717, 1.165) is 22.7 Å². The summed E-state index contributed by atoms with van der Waals surface area (Å²) in [5.74, 6) is 0. The van der Waals surface area contributed by atoms with Gasteiger partial charge >= 0.3 is 0 Å². The molecular formula is C58H46N2S. The Labute approximate surface area is 363 Å². The van der Waals surface area contributed by atoms with Gasteiger partial charge in [-0.3, -0.25) is 0 Å². The summed E-state index contributed by atoms with van der Waals surface area (Å²) in [6.07, 6.45) is 0. The van der Waals surface area contributed by atoms with Crippen molar-refractivity contribution in [2.24, 2.45) is 0 Å². The van der Waals surface area contributed by atoms with Crippen LogP contribution in [0.4, 0.5) is 34.1 Å². The first-order valence-corrected chi connectivity index (χ1v) is 22.1. The number of hydrogen-bond donors (Lipinski definition) is 0. The van der Waals surface area contributed by atoms with E-state index in [1.54, 1.807) is 0 Å². The molecule has 0 unspecified atom stereocenters. The minimum absolute atomic E-state index is 0.191. The van der Waals surface area contributed by atoms with E-state index in [0.29, 0.717) is 0 Å². The summed E-state index contributed by atoms with van der Waals surface area (Å²) >= 11 is 1.99. The molecule has 0 radical (unpaired) electrons. The number of nitrogens with zero attached hydrogens (tertiary/aromatic N) is 2. The van der Waals surface area contributed by atoms with E-state index in [2.05, 4.69) is 244 Å². The second-order valence-electron chi connectivity index (χ2n) is 17.4. The zero-order valence-electron chi connectivity index (χ0n) is 34.9. The molecule has 0 amide bonds. The van der Waals surface area contributed by atoms with Crippen molar-refractivity contribution < 1.29 is 0 Å². The molecule has 1 aromatic heterocycles. The molecule has 0 aliphatic heterocycles. The molecule has 8 aromatic carbocycles. The monoisotopic (exact) mass is 802 g/mol. The largest absolute Gasteiger partial charge is 0.310 e. The maximum Gasteiger partial charge on any atom is 0.0465 e. The van der Waals surface area contributed by atoms with Crippen LogP contribution in [0.15, 0.2) is 206 Å². The Balaban J connectivity index is 0.968. The predicted octanol–water partition coefficient (Wildman–Crippen LogP) is 16.6. The van der Waals surface area contributed by atoms with Gasteiger partial charge in [-0.05, 0) is 128 Å². The standard InChI is InChI=1S/C58H46N2S/c1-57(2)51-37-47(59(43-21-13-7-14-22-43)45-29-25-41(26-30-45)39-17-9-5-10-18-39)33-35-49(51)55-53(57)54-56(61-55)50-36-34-48(38-52(50)58(54,3)4)60(44-23-15-8-16-24-44)46-31-27-42(28-32-46)40-19-11-6-12-20-40/h5-38H,1-4H3. The topological polar surface area (TPSA) is 6.48 Å². The van der Waals surface area contributed by atoms with Crippen molar-refractivity contribution in [2.45, 2.75) is 38.5 Å². The number of benzene rings is 8. The van der Waals surface area contributed by atoms with Gasteiger partial charge in [-0.1, -0.05) is 161 Å². The molecule has 11 rings (SSSR count). The fraction of sp³-hybridized carbons (Fsp3) is 0.103. The van der Waals surface area contributed by atoms with Crippen molar-refractivity contribution in [3.63, 3.8) is 0 Å². The van der Waals surface area contributed by atoms with Crippen molar-refractivity contribution in [3.8, 4) is 43.1 Å². The van der Waals surface area contributed by atoms with Gasteiger partial charge in [0.05, 0.1) is 0 Å². The summed E-state index contributed by atoms with van der Waals surface area (Å²) in [6, 6.07) is 75.1. The molecule has 0 fully saturated rings. The van der Waals surface area contributed by atoms with Crippen LogP contribution in [0.5, 0.6) is 0 Å². The van der Waals surface area contributed by atoms with Gasteiger partial charge in [0, 0.05) is 54.7 Å². The molecule has 2 aliphatic carbocycles. The van der Waals surface area contributed by atoms with E-state index in [1.165, 1.54) is 76.8 Å². The first kappa shape index (κ1) is 37.1. The number of fused-ring (bicyclic) bond motifs is 7. The molecule has 2 nitrogen and oxygen atoms in total. The third-order valence-corrected chi connectivity index (χ3v) is 14.3. The highest BCUT2D eigenvalue weighted by Gasteiger charge is 2.48. The van der Waals surface area contributed by atoms with Gasteiger partial charge in [0.2, 0.25) is 0 Å². The molecule has 0 spiro atoms. The minimum atomic E-state index is -0.191. The number of anilines is 6. The van der Waals surface area contributed by atoms with Crippen molar-refractivity contribution in [1.29, 1.82) is 0 Å². The SMILES string of the molecule is CC1(C)c2cc(N(c3ccccc3)c3ccc(-c4ccccc4)cc3)ccc2-c2sc3c(c21)C(C)(C)c1cc(N(c2ccccc2)c2ccc(-c4ccccc4)cc2)ccc1-3. The van der Waals surface area contributed by atoms with Crippen LogP contribution in [0.2, 0.25) is 0 Å². The van der Waals surface area contributed by atoms with Crippen LogP contribution in [0.25, 0.3) is 43.1 Å². The van der Waals surface area contributed by atoms with Gasteiger partial charge in [-0.25, -0.2) is 0 Å². The maximum absolute atomic E-state index is 2.46. The highest BCUT2D eigenvalue weighted by Crippen LogP contribution is 2.64. The number of para-hydroxylation sites is 2. The van der Waals surface area contributed by atoms with Crippen LogP contribution in [0, 0.1) is 0 Å². The Morgan fingerprint density at radius 1 is 0.311 bits per heavy atom. The Bertz CT molecular complexity index is 2830. The zero-order valence-corrected chi connectivity index (χ0v) is 35.7. The lowest BCUT2D eigenvalue weighted by Gasteiger charge is -2.31. The highest BCUT2D eigenvalue weighted by atomic mass is 32.1. The summed E-state index contributed by atoms with van der Waals surface area (Å²) in [7, 11) is 0. The van der Waals surface area contributed by atoms with Crippen molar-refractivity contribution in [1.82, 2.24) is 0 Å². The Kier molecular flexibility index (Phi) is 8.73. The van der Waals surface area contributed by atoms with Crippen LogP contribution in [0.3, 0.4) is 0 Å². The van der Waals surface area contributed by atoms with E-state index in [9.17, 15) is 0 Å². The van der Waals surface area contributed by atoms with Crippen molar-refractivity contribution >= 4 is 45.5 Å². The third kappa shape index (κ3) is 6.06. The van der Waals surface area contributed by atoms with Crippen LogP contribution < -0.4 is 9.80 Å². The summed E-state index contributed by atoms with van der Waals surface area (Å²) in [6.45, 7) is 9.76. The number of hydrogen-bond acceptors (Lipinski definition) is 3. The van der Waals surface area contributed by atoms with Gasteiger partial charge < -0.3 is 9.80 Å². The van der Waals surface area contributed by atoms with Gasteiger partial charge in [-0.2, -0.15) is 0 Å². The van der Waals surface area contributed by atoms with Crippen molar-refractivity contribution in [3.05, 3.63) is 229 Å². The van der Waals surface area contributed by atoms with Gasteiger partial charge in [0.15, 0.2) is 0 Å². The molecule has 0 N–H and O–H groups in total. The minimum Gasteiger partial charge on any atom is -0.310 e. The fourth-order valence-corrected chi connectivity index (χ4v) is 11.7. The van der Waals surface area contributed by atoms with Crippen LogP contribution in [-0.2, 0) is 10.8 Å². The predicted molar refractivity (Wildman–Crippen MR) is 260 cm³/mol. The molecule has 3 heteroatoms. The van der Waals surface area contributed by atoms with E-state index in [4.69, 9.17) is 0 Å². The second kappa shape index (κ2) is 14.4. The quantitative estimate of drug-likeness (QED) is 0.151. The van der Waals surface area contributed by atoms with E-state index in [-0.39, 0.29) is 10.8 Å². The first-order chi connectivity index (χ1) is 29.8. The van der Waals surface area contributed by atoms with Crippen LogP contribution in [0.1, 0.15) is 49.9 Å². The number of rotatable bonds is 8. The Morgan fingerprint density at radius 2 is 0.607 bits per heavy atom. The Hall–Kier alpha value is -6.94. The molecule has 294 valence electrons. The average Bonchev–Trinajstić information content (AvgIpc) is 3.89. The molecule has 2 aliphatic rings. The normalized spacial score (nSPS) is 13.8. The molecule has 9 aromatic rings. The summed E-state index contributed by atoms with van der Waals surface area (Å²) in [4.78, 5) is 7.64. The highest BCUT2D eigenvalue weighted by molar-refractivity contribution is 7.19. The number of thiophene rings is 1. The van der Waals surface area contributed by atoms with E-state index >= 15 is 0 Å². The zero-order chi connectivity index (χ0) is 41.3. The summed E-state index contributed by atoms with van der Waals surface area (Å²) in [5, 5.41) is 0. The van der Waals surface area contributed by atoms with Crippen molar-refractivity contribution in [2.75, 3.05) is 9.80 Å². The molecule has 61 heavy (non-hydrogen) atoms. The lowest BCUT2D eigenvalue weighted by atomic mass is 9.74. The molecule has 0 atom stereocenters. The smallest absolute Gasteiger partial charge is 0.0465 e. The van der Waals surface area contributed by atoms with Gasteiger partial charge in [-0.15, -0.1) is 11.3 Å². The first-order valence-electron chi connectivity index (χ1n) is 21.3. The molecular weight excluding hydrogens is 757 g/mol. The molecule has 0 bridgehead atoms. The lowest BCUT2D eigenvalue weighted by Crippen LogP contribution is -2.23. The van der Waals surface area contributed by atoms with Gasteiger partial charge in [0.1, 0.15) is 0 Å². The van der Waals surface area contributed by atoms with Crippen LogP contribution >= 0.6 is 11.3 Å². The lowest BCUT2D eigenvalue weighted by molar-refractivity contribution is 0.603. The summed E-state index contributed by atoms with van der Waals surface area (Å²) in [5.41, 5.74) is 19.9. The Morgan fingerprint density at radius 3 is 0.967 bits per heavy atom. The second-order valence-corrected chi connectivity index (χ2v) is 18.4. The van der Waals surface area contributed by atoms with E-state index < -0.39 is 0 Å². The fourth-order valence-electron chi connectivity index (χ4n) is 9.96. The maximum atomic E-state index is 2.46. The van der Waals surface area contributed by atoms with Crippen LogP contribution in [-0.4, -0.2) is 0 Å².